The van der Waals surface area contributed by atoms with E-state index in [0.29, 0.717) is 18.2 Å². The molecule has 1 fully saturated rings. The van der Waals surface area contributed by atoms with Crippen LogP contribution in [0, 0.1) is 0 Å². The minimum atomic E-state index is -0.951. The number of carboxylic acids is 1. The average molecular weight is 248 g/mol. The van der Waals surface area contributed by atoms with Gasteiger partial charge in [-0.2, -0.15) is 0 Å². The monoisotopic (exact) mass is 248 g/mol. The Kier molecular flexibility index (Phi) is 2.36. The first kappa shape index (κ1) is 10.7. The van der Waals surface area contributed by atoms with E-state index >= 15 is 0 Å². The Bertz CT molecular complexity index is 602. The number of aryl methyl sites for hydroxylation is 1. The molecule has 0 unspecified atom stereocenters. The molecule has 1 aliphatic carbocycles. The zero-order valence-electron chi connectivity index (χ0n) is 9.43. The highest BCUT2D eigenvalue weighted by Crippen LogP contribution is 2.45. The third-order valence-corrected chi connectivity index (χ3v) is 3.93. The van der Waals surface area contributed by atoms with Crippen molar-refractivity contribution >= 4 is 27.5 Å². The van der Waals surface area contributed by atoms with Gasteiger partial charge in [0.25, 0.3) is 0 Å². The number of rotatable bonds is 3. The second-order valence-electron chi connectivity index (χ2n) is 4.29. The number of hydrogen-bond acceptors (Lipinski definition) is 4. The van der Waals surface area contributed by atoms with E-state index < -0.39 is 5.97 Å². The third-order valence-electron chi connectivity index (χ3n) is 3.04. The third kappa shape index (κ3) is 1.70. The maximum atomic E-state index is 11.3. The first-order valence-corrected chi connectivity index (χ1v) is 6.60. The lowest BCUT2D eigenvalue weighted by Crippen LogP contribution is -2.06. The zero-order valence-corrected chi connectivity index (χ0v) is 10.3. The summed E-state index contributed by atoms with van der Waals surface area (Å²) in [5.74, 6) is 0.185. The number of fused-ring (bicyclic) bond motifs is 1. The van der Waals surface area contributed by atoms with Crippen molar-refractivity contribution < 1.29 is 9.90 Å². The number of nitrogens with zero attached hydrogens (tertiary/aromatic N) is 2. The van der Waals surface area contributed by atoms with E-state index in [2.05, 4.69) is 9.97 Å². The van der Waals surface area contributed by atoms with Crippen LogP contribution in [0.2, 0.25) is 0 Å². The number of carboxylic acid groups (broad SMARTS) is 1. The van der Waals surface area contributed by atoms with Crippen molar-refractivity contribution in [1.29, 1.82) is 0 Å². The molecule has 5 heteroatoms. The highest BCUT2D eigenvalue weighted by Gasteiger charge is 2.29. The summed E-state index contributed by atoms with van der Waals surface area (Å²) in [4.78, 5) is 20.7. The SMILES string of the molecule is CCc1nc(C(=O)O)c2c(C3CC3)csc2n1. The van der Waals surface area contributed by atoms with E-state index in [0.717, 1.165) is 28.6 Å². The van der Waals surface area contributed by atoms with Crippen molar-refractivity contribution in [2.45, 2.75) is 32.1 Å². The predicted octanol–water partition coefficient (Wildman–Crippen LogP) is 2.83. The predicted molar refractivity (Wildman–Crippen MR) is 65.7 cm³/mol. The Labute approximate surface area is 102 Å². The van der Waals surface area contributed by atoms with Gasteiger partial charge in [0.15, 0.2) is 5.69 Å². The topological polar surface area (TPSA) is 63.1 Å². The maximum Gasteiger partial charge on any atom is 0.355 e. The molecule has 88 valence electrons. The lowest BCUT2D eigenvalue weighted by Gasteiger charge is -2.02. The van der Waals surface area contributed by atoms with Crippen LogP contribution in [0.4, 0.5) is 0 Å². The lowest BCUT2D eigenvalue weighted by molar-refractivity contribution is 0.0692. The fourth-order valence-electron chi connectivity index (χ4n) is 2.02. The fraction of sp³-hybridized carbons (Fsp3) is 0.417. The Hall–Kier alpha value is -1.49. The van der Waals surface area contributed by atoms with Gasteiger partial charge in [-0.05, 0) is 29.7 Å². The van der Waals surface area contributed by atoms with Gasteiger partial charge in [0.1, 0.15) is 10.7 Å². The molecule has 2 aromatic rings. The molecule has 0 bridgehead atoms. The highest BCUT2D eigenvalue weighted by atomic mass is 32.1. The molecule has 1 aliphatic rings. The average Bonchev–Trinajstić information content (AvgIpc) is 3.07. The van der Waals surface area contributed by atoms with E-state index in [1.807, 2.05) is 12.3 Å². The molecule has 2 aromatic heterocycles. The molecule has 0 spiro atoms. The fourth-order valence-corrected chi connectivity index (χ4v) is 3.05. The zero-order chi connectivity index (χ0) is 12.0. The molecule has 0 radical (unpaired) electrons. The van der Waals surface area contributed by atoms with Crippen molar-refractivity contribution in [3.05, 3.63) is 22.5 Å². The number of hydrogen-bond donors (Lipinski definition) is 1. The number of thiophene rings is 1. The molecule has 0 amide bonds. The van der Waals surface area contributed by atoms with Crippen LogP contribution in [-0.4, -0.2) is 21.0 Å². The van der Waals surface area contributed by atoms with Crippen LogP contribution in [0.5, 0.6) is 0 Å². The van der Waals surface area contributed by atoms with Gasteiger partial charge in [0.2, 0.25) is 0 Å². The van der Waals surface area contributed by atoms with Crippen molar-refractivity contribution in [2.24, 2.45) is 0 Å². The molecule has 1 saturated carbocycles. The summed E-state index contributed by atoms with van der Waals surface area (Å²) in [6.45, 7) is 1.93. The quantitative estimate of drug-likeness (QED) is 0.907. The Morgan fingerprint density at radius 2 is 2.29 bits per heavy atom. The van der Waals surface area contributed by atoms with Crippen LogP contribution >= 0.6 is 11.3 Å². The minimum absolute atomic E-state index is 0.176. The van der Waals surface area contributed by atoms with Crippen LogP contribution in [0.25, 0.3) is 10.2 Å². The Morgan fingerprint density at radius 3 is 2.88 bits per heavy atom. The van der Waals surface area contributed by atoms with E-state index in [1.165, 1.54) is 11.3 Å². The molecular weight excluding hydrogens is 236 g/mol. The summed E-state index contributed by atoms with van der Waals surface area (Å²) in [6.07, 6.45) is 2.97. The number of aromatic nitrogens is 2. The van der Waals surface area contributed by atoms with Crippen molar-refractivity contribution in [3.8, 4) is 0 Å². The van der Waals surface area contributed by atoms with Gasteiger partial charge in [-0.25, -0.2) is 14.8 Å². The van der Waals surface area contributed by atoms with E-state index in [1.54, 1.807) is 0 Å². The van der Waals surface area contributed by atoms with Gasteiger partial charge < -0.3 is 5.11 Å². The first-order chi connectivity index (χ1) is 8.20. The van der Waals surface area contributed by atoms with Gasteiger partial charge in [0, 0.05) is 11.8 Å². The van der Waals surface area contributed by atoms with E-state index in [4.69, 9.17) is 0 Å². The molecule has 2 heterocycles. The second kappa shape index (κ2) is 3.77. The molecule has 0 aliphatic heterocycles. The molecular formula is C12H12N2O2S. The summed E-state index contributed by atoms with van der Waals surface area (Å²) >= 11 is 1.53. The van der Waals surface area contributed by atoms with Gasteiger partial charge in [-0.3, -0.25) is 0 Å². The van der Waals surface area contributed by atoms with E-state index in [9.17, 15) is 9.90 Å². The molecule has 3 rings (SSSR count). The second-order valence-corrected chi connectivity index (χ2v) is 5.15. The van der Waals surface area contributed by atoms with Crippen LogP contribution < -0.4 is 0 Å². The van der Waals surface area contributed by atoms with Crippen LogP contribution in [0.1, 0.15) is 47.6 Å². The summed E-state index contributed by atoms with van der Waals surface area (Å²) in [7, 11) is 0. The number of aromatic carboxylic acids is 1. The van der Waals surface area contributed by atoms with Crippen LogP contribution in [0.15, 0.2) is 5.38 Å². The highest BCUT2D eigenvalue weighted by molar-refractivity contribution is 7.17. The molecule has 0 saturated heterocycles. The largest absolute Gasteiger partial charge is 0.476 e. The van der Waals surface area contributed by atoms with Gasteiger partial charge in [-0.15, -0.1) is 11.3 Å². The normalized spacial score (nSPS) is 15.4. The van der Waals surface area contributed by atoms with Crippen LogP contribution in [-0.2, 0) is 6.42 Å². The molecule has 17 heavy (non-hydrogen) atoms. The van der Waals surface area contributed by atoms with Crippen LogP contribution in [0.3, 0.4) is 0 Å². The molecule has 1 N–H and O–H groups in total. The lowest BCUT2D eigenvalue weighted by atomic mass is 10.1. The molecule has 0 atom stereocenters. The summed E-state index contributed by atoms with van der Waals surface area (Å²) in [6, 6.07) is 0. The van der Waals surface area contributed by atoms with Crippen molar-refractivity contribution in [1.82, 2.24) is 9.97 Å². The Balaban J connectivity index is 2.30. The molecule has 4 nitrogen and oxygen atoms in total. The van der Waals surface area contributed by atoms with Gasteiger partial charge in [0.05, 0.1) is 0 Å². The van der Waals surface area contributed by atoms with Gasteiger partial charge >= 0.3 is 5.97 Å². The van der Waals surface area contributed by atoms with E-state index in [-0.39, 0.29) is 5.69 Å². The summed E-state index contributed by atoms with van der Waals surface area (Å²) < 4.78 is 0. The van der Waals surface area contributed by atoms with Gasteiger partial charge in [-0.1, -0.05) is 6.92 Å². The number of carbonyl (C=O) groups is 1. The first-order valence-electron chi connectivity index (χ1n) is 5.72. The molecule has 0 aromatic carbocycles. The van der Waals surface area contributed by atoms with Crippen molar-refractivity contribution in [2.75, 3.05) is 0 Å². The maximum absolute atomic E-state index is 11.3. The standard InChI is InChI=1S/C12H12N2O2S/c1-2-8-13-10(12(15)16)9-7(6-3-4-6)5-17-11(9)14-8/h5-6H,2-4H2,1H3,(H,15,16). The Morgan fingerprint density at radius 1 is 1.53 bits per heavy atom. The smallest absolute Gasteiger partial charge is 0.355 e. The summed E-state index contributed by atoms with van der Waals surface area (Å²) in [5.41, 5.74) is 1.31. The van der Waals surface area contributed by atoms with Crippen molar-refractivity contribution in [3.63, 3.8) is 0 Å². The minimum Gasteiger partial charge on any atom is -0.476 e. The summed E-state index contributed by atoms with van der Waals surface area (Å²) in [5, 5.41) is 12.1.